The van der Waals surface area contributed by atoms with Gasteiger partial charge in [-0.3, -0.25) is 4.79 Å². The first-order valence-corrected chi connectivity index (χ1v) is 19.3. The number of hydrogen-bond donors (Lipinski definition) is 4. The van der Waals surface area contributed by atoms with E-state index in [1.54, 1.807) is 6.08 Å². The maximum Gasteiger partial charge on any atom is 0.222 e. The van der Waals surface area contributed by atoms with E-state index in [1.165, 1.54) is 122 Å². The summed E-state index contributed by atoms with van der Waals surface area (Å²) in [4.78, 5) is 12.4. The third-order valence-corrected chi connectivity index (χ3v) is 8.68. The molecule has 0 spiro atoms. The standard InChI is InChI=1S/C40H75NO4/c1-3-5-7-9-11-13-15-16-17-18-19-20-21-22-24-25-27-29-31-33-37(43)35-40(45)41-38(36-42)39(44)34-32-30-28-26-23-14-12-10-8-6-4-2/h5,7,11,13,32,34,37-39,42-44H,3-4,6,8-10,12,14-31,33,35-36H2,1-2H3,(H,41,45)/b7-5-,13-11-,34-32+. The molecule has 0 radical (unpaired) electrons. The molecule has 0 aliphatic rings. The van der Waals surface area contributed by atoms with Crippen LogP contribution in [-0.4, -0.2) is 46.1 Å². The van der Waals surface area contributed by atoms with E-state index in [0.717, 1.165) is 38.5 Å². The number of amides is 1. The van der Waals surface area contributed by atoms with Crippen molar-refractivity contribution in [2.24, 2.45) is 0 Å². The molecule has 264 valence electrons. The Bertz CT molecular complexity index is 704. The first kappa shape index (κ1) is 43.6. The minimum absolute atomic E-state index is 0.0126. The van der Waals surface area contributed by atoms with Crippen LogP contribution in [0.15, 0.2) is 36.5 Å². The number of unbranched alkanes of at least 4 members (excludes halogenated alkanes) is 21. The van der Waals surface area contributed by atoms with Crippen LogP contribution in [-0.2, 0) is 4.79 Å². The van der Waals surface area contributed by atoms with Crippen LogP contribution in [0.25, 0.3) is 0 Å². The zero-order chi connectivity index (χ0) is 33.1. The Kier molecular flexibility index (Phi) is 34.3. The van der Waals surface area contributed by atoms with Gasteiger partial charge in [0.1, 0.15) is 0 Å². The first-order valence-electron chi connectivity index (χ1n) is 19.3. The molecule has 0 aromatic carbocycles. The molecule has 5 nitrogen and oxygen atoms in total. The van der Waals surface area contributed by atoms with Gasteiger partial charge in [0.05, 0.1) is 31.3 Å². The van der Waals surface area contributed by atoms with Crippen LogP contribution in [0.3, 0.4) is 0 Å². The Morgan fingerprint density at radius 2 is 1.07 bits per heavy atom. The van der Waals surface area contributed by atoms with Crippen molar-refractivity contribution in [1.82, 2.24) is 5.32 Å². The number of carbonyl (C=O) groups is 1. The lowest BCUT2D eigenvalue weighted by Gasteiger charge is -2.21. The number of hydrogen-bond acceptors (Lipinski definition) is 4. The molecule has 3 unspecified atom stereocenters. The van der Waals surface area contributed by atoms with Gasteiger partial charge in [0, 0.05) is 0 Å². The number of nitrogens with one attached hydrogen (secondary N) is 1. The lowest BCUT2D eigenvalue weighted by molar-refractivity contribution is -0.124. The SMILES string of the molecule is CC/C=C\C/C=C\CCCCCCCCCCCCCCC(O)CC(=O)NC(CO)C(O)/C=C/CCCCCCCCCCC. The molecule has 0 saturated heterocycles. The molecule has 1 amide bonds. The van der Waals surface area contributed by atoms with Crippen LogP contribution in [0.2, 0.25) is 0 Å². The maximum atomic E-state index is 12.4. The van der Waals surface area contributed by atoms with E-state index in [1.807, 2.05) is 6.08 Å². The molecule has 0 aliphatic carbocycles. The summed E-state index contributed by atoms with van der Waals surface area (Å²) in [6.45, 7) is 4.08. The molecule has 45 heavy (non-hydrogen) atoms. The predicted molar refractivity (Wildman–Crippen MR) is 194 cm³/mol. The number of aliphatic hydroxyl groups excluding tert-OH is 3. The monoisotopic (exact) mass is 634 g/mol. The van der Waals surface area contributed by atoms with Crippen molar-refractivity contribution in [2.75, 3.05) is 6.61 Å². The number of carbonyl (C=O) groups excluding carboxylic acids is 1. The van der Waals surface area contributed by atoms with Gasteiger partial charge >= 0.3 is 0 Å². The van der Waals surface area contributed by atoms with Crippen molar-refractivity contribution in [3.05, 3.63) is 36.5 Å². The number of rotatable bonds is 34. The molecule has 0 fully saturated rings. The highest BCUT2D eigenvalue weighted by atomic mass is 16.3. The Morgan fingerprint density at radius 1 is 0.600 bits per heavy atom. The second kappa shape index (κ2) is 35.4. The zero-order valence-electron chi connectivity index (χ0n) is 29.7. The van der Waals surface area contributed by atoms with Crippen molar-refractivity contribution in [3.63, 3.8) is 0 Å². The van der Waals surface area contributed by atoms with E-state index in [4.69, 9.17) is 0 Å². The summed E-state index contributed by atoms with van der Waals surface area (Å²) >= 11 is 0. The highest BCUT2D eigenvalue weighted by Gasteiger charge is 2.20. The molecule has 0 saturated carbocycles. The van der Waals surface area contributed by atoms with Crippen molar-refractivity contribution in [2.45, 2.75) is 205 Å². The van der Waals surface area contributed by atoms with Gasteiger partial charge in [-0.2, -0.15) is 0 Å². The number of aliphatic hydroxyl groups is 3. The van der Waals surface area contributed by atoms with E-state index < -0.39 is 18.2 Å². The molecular weight excluding hydrogens is 558 g/mol. The van der Waals surface area contributed by atoms with Crippen molar-refractivity contribution >= 4 is 5.91 Å². The summed E-state index contributed by atoms with van der Waals surface area (Å²) in [5.74, 6) is -0.319. The summed E-state index contributed by atoms with van der Waals surface area (Å²) in [6.07, 6.45) is 42.7. The zero-order valence-corrected chi connectivity index (χ0v) is 29.7. The van der Waals surface area contributed by atoms with Crippen molar-refractivity contribution in [3.8, 4) is 0 Å². The molecule has 0 rings (SSSR count). The van der Waals surface area contributed by atoms with Crippen molar-refractivity contribution < 1.29 is 20.1 Å². The van der Waals surface area contributed by atoms with Gasteiger partial charge in [-0.05, 0) is 44.9 Å². The topological polar surface area (TPSA) is 89.8 Å². The first-order chi connectivity index (χ1) is 22.0. The van der Waals surface area contributed by atoms with Gasteiger partial charge < -0.3 is 20.6 Å². The minimum atomic E-state index is -0.926. The third kappa shape index (κ3) is 32.3. The van der Waals surface area contributed by atoms with Crippen LogP contribution in [0.4, 0.5) is 0 Å². The fourth-order valence-electron chi connectivity index (χ4n) is 5.73. The highest BCUT2D eigenvalue weighted by molar-refractivity contribution is 5.76. The van der Waals surface area contributed by atoms with Crippen LogP contribution < -0.4 is 5.32 Å². The summed E-state index contributed by atoms with van der Waals surface area (Å²) in [5.41, 5.74) is 0. The Morgan fingerprint density at radius 3 is 1.58 bits per heavy atom. The van der Waals surface area contributed by atoms with Crippen molar-refractivity contribution in [1.29, 1.82) is 0 Å². The third-order valence-electron chi connectivity index (χ3n) is 8.68. The van der Waals surface area contributed by atoms with Crippen LogP contribution >= 0.6 is 0 Å². The fraction of sp³-hybridized carbons (Fsp3) is 0.825. The molecule has 3 atom stereocenters. The maximum absolute atomic E-state index is 12.4. The van der Waals surface area contributed by atoms with E-state index in [-0.39, 0.29) is 18.9 Å². The van der Waals surface area contributed by atoms with Gasteiger partial charge in [-0.15, -0.1) is 0 Å². The van der Waals surface area contributed by atoms with E-state index in [2.05, 4.69) is 43.5 Å². The normalized spacial score (nSPS) is 14.2. The molecule has 0 bridgehead atoms. The number of allylic oxidation sites excluding steroid dienone is 5. The lowest BCUT2D eigenvalue weighted by atomic mass is 10.0. The van der Waals surface area contributed by atoms with E-state index in [0.29, 0.717) is 6.42 Å². The molecule has 5 heteroatoms. The lowest BCUT2D eigenvalue weighted by Crippen LogP contribution is -2.45. The predicted octanol–water partition coefficient (Wildman–Crippen LogP) is 10.4. The average Bonchev–Trinajstić information content (AvgIpc) is 3.03. The van der Waals surface area contributed by atoms with E-state index >= 15 is 0 Å². The summed E-state index contributed by atoms with van der Waals surface area (Å²) in [5, 5.41) is 33.0. The minimum Gasteiger partial charge on any atom is -0.394 e. The van der Waals surface area contributed by atoms with Crippen LogP contribution in [0, 0.1) is 0 Å². The Balaban J connectivity index is 3.67. The second-order valence-corrected chi connectivity index (χ2v) is 13.2. The van der Waals surface area contributed by atoms with Gasteiger partial charge in [-0.25, -0.2) is 0 Å². The van der Waals surface area contributed by atoms with Crippen LogP contribution in [0.1, 0.15) is 187 Å². The molecule has 4 N–H and O–H groups in total. The largest absolute Gasteiger partial charge is 0.394 e. The van der Waals surface area contributed by atoms with Gasteiger partial charge in [0.15, 0.2) is 0 Å². The summed E-state index contributed by atoms with van der Waals surface area (Å²) < 4.78 is 0. The van der Waals surface area contributed by atoms with Gasteiger partial charge in [-0.1, -0.05) is 172 Å². The quantitative estimate of drug-likeness (QED) is 0.0419. The molecule has 0 aromatic heterocycles. The Labute approximate surface area is 279 Å². The molecular formula is C40H75NO4. The highest BCUT2D eigenvalue weighted by Crippen LogP contribution is 2.15. The Hall–Kier alpha value is -1.43. The smallest absolute Gasteiger partial charge is 0.222 e. The molecule has 0 aromatic rings. The molecule has 0 heterocycles. The summed E-state index contributed by atoms with van der Waals surface area (Å²) in [6, 6.07) is -0.741. The fourth-order valence-corrected chi connectivity index (χ4v) is 5.73. The summed E-state index contributed by atoms with van der Waals surface area (Å²) in [7, 11) is 0. The van der Waals surface area contributed by atoms with Gasteiger partial charge in [0.25, 0.3) is 0 Å². The molecule has 0 aliphatic heterocycles. The van der Waals surface area contributed by atoms with Gasteiger partial charge in [0.2, 0.25) is 5.91 Å². The van der Waals surface area contributed by atoms with Crippen LogP contribution in [0.5, 0.6) is 0 Å². The van der Waals surface area contributed by atoms with E-state index in [9.17, 15) is 20.1 Å². The average molecular weight is 634 g/mol. The second-order valence-electron chi connectivity index (χ2n) is 13.2.